The van der Waals surface area contributed by atoms with Gasteiger partial charge in [0, 0.05) is 46.0 Å². The van der Waals surface area contributed by atoms with Crippen molar-refractivity contribution in [1.82, 2.24) is 4.90 Å². The molecule has 0 aromatic heterocycles. The van der Waals surface area contributed by atoms with Gasteiger partial charge in [-0.2, -0.15) is 0 Å². The Morgan fingerprint density at radius 2 is 1.65 bits per heavy atom. The number of phenolic OH excluding ortho intramolecular Hbond substituents is 2. The Morgan fingerprint density at radius 1 is 0.971 bits per heavy atom. The van der Waals surface area contributed by atoms with Crippen LogP contribution in [0.4, 0.5) is 0 Å². The third kappa shape index (κ3) is 4.17. The van der Waals surface area contributed by atoms with E-state index >= 15 is 0 Å². The SMILES string of the molecule is CCCN1CC(Sc2ccc(C3(O)Oc4cc(O)ccc4C(C)=C3c3ccc(O)cc3)cc2)C1. The van der Waals surface area contributed by atoms with E-state index in [4.69, 9.17) is 4.74 Å². The molecule has 1 saturated heterocycles. The third-order valence-corrected chi connectivity index (χ3v) is 7.68. The van der Waals surface area contributed by atoms with Crippen LogP contribution >= 0.6 is 11.8 Å². The highest BCUT2D eigenvalue weighted by Crippen LogP contribution is 2.50. The Labute approximate surface area is 204 Å². The summed E-state index contributed by atoms with van der Waals surface area (Å²) in [6.07, 6.45) is 1.18. The number of nitrogens with zero attached hydrogens (tertiary/aromatic N) is 1. The molecule has 176 valence electrons. The molecule has 1 fully saturated rings. The summed E-state index contributed by atoms with van der Waals surface area (Å²) in [5.41, 5.74) is 3.62. The first-order valence-corrected chi connectivity index (χ1v) is 12.5. The van der Waals surface area contributed by atoms with Gasteiger partial charge < -0.3 is 25.0 Å². The van der Waals surface area contributed by atoms with Gasteiger partial charge in [0.15, 0.2) is 0 Å². The fraction of sp³-hybridized carbons (Fsp3) is 0.286. The third-order valence-electron chi connectivity index (χ3n) is 6.51. The van der Waals surface area contributed by atoms with Crippen molar-refractivity contribution in [3.63, 3.8) is 0 Å². The second kappa shape index (κ2) is 9.02. The maximum absolute atomic E-state index is 12.0. The van der Waals surface area contributed by atoms with Gasteiger partial charge in [0.25, 0.3) is 5.79 Å². The monoisotopic (exact) mass is 475 g/mol. The summed E-state index contributed by atoms with van der Waals surface area (Å²) < 4.78 is 6.21. The van der Waals surface area contributed by atoms with Gasteiger partial charge in [0.2, 0.25) is 0 Å². The largest absolute Gasteiger partial charge is 0.508 e. The zero-order chi connectivity index (χ0) is 23.9. The van der Waals surface area contributed by atoms with Crippen molar-refractivity contribution in [3.8, 4) is 17.2 Å². The lowest BCUT2D eigenvalue weighted by molar-refractivity contribution is -0.0930. The minimum atomic E-state index is -1.75. The second-order valence-electron chi connectivity index (χ2n) is 9.00. The van der Waals surface area contributed by atoms with E-state index in [1.165, 1.54) is 12.5 Å². The Hall–Kier alpha value is -2.93. The van der Waals surface area contributed by atoms with E-state index < -0.39 is 5.79 Å². The summed E-state index contributed by atoms with van der Waals surface area (Å²) in [5.74, 6) is -1.10. The first kappa shape index (κ1) is 22.8. The summed E-state index contributed by atoms with van der Waals surface area (Å²) >= 11 is 1.87. The van der Waals surface area contributed by atoms with Gasteiger partial charge in [-0.15, -0.1) is 11.8 Å². The van der Waals surface area contributed by atoms with Crippen LogP contribution in [0.1, 0.15) is 37.0 Å². The number of rotatable bonds is 6. The number of phenols is 2. The zero-order valence-electron chi connectivity index (χ0n) is 19.4. The minimum absolute atomic E-state index is 0.0753. The smallest absolute Gasteiger partial charge is 0.262 e. The highest BCUT2D eigenvalue weighted by atomic mass is 32.2. The molecule has 34 heavy (non-hydrogen) atoms. The molecular weight excluding hydrogens is 446 g/mol. The lowest BCUT2D eigenvalue weighted by atomic mass is 9.83. The van der Waals surface area contributed by atoms with Gasteiger partial charge in [-0.25, -0.2) is 0 Å². The molecule has 1 unspecified atom stereocenters. The van der Waals surface area contributed by atoms with Crippen LogP contribution < -0.4 is 4.74 Å². The van der Waals surface area contributed by atoms with E-state index in [9.17, 15) is 15.3 Å². The molecule has 3 aromatic rings. The molecule has 2 heterocycles. The van der Waals surface area contributed by atoms with E-state index in [1.807, 2.05) is 43.0 Å². The molecule has 0 spiro atoms. The summed E-state index contributed by atoms with van der Waals surface area (Å²) in [4.78, 5) is 3.63. The highest BCUT2D eigenvalue weighted by Gasteiger charge is 2.43. The predicted molar refractivity (Wildman–Crippen MR) is 136 cm³/mol. The van der Waals surface area contributed by atoms with E-state index in [1.54, 1.807) is 36.4 Å². The van der Waals surface area contributed by atoms with Crippen molar-refractivity contribution in [2.24, 2.45) is 0 Å². The van der Waals surface area contributed by atoms with Crippen molar-refractivity contribution < 1.29 is 20.1 Å². The van der Waals surface area contributed by atoms with Crippen molar-refractivity contribution in [3.05, 3.63) is 83.4 Å². The molecule has 0 aliphatic carbocycles. The molecule has 5 nitrogen and oxygen atoms in total. The van der Waals surface area contributed by atoms with Crippen LogP contribution in [0.2, 0.25) is 0 Å². The van der Waals surface area contributed by atoms with Gasteiger partial charge in [-0.05, 0) is 67.4 Å². The van der Waals surface area contributed by atoms with Gasteiger partial charge in [0.1, 0.15) is 17.2 Å². The number of allylic oxidation sites excluding steroid dienone is 1. The average Bonchev–Trinajstić information content (AvgIpc) is 2.79. The molecular formula is C28H29NO4S. The molecule has 3 N–H and O–H groups in total. The molecule has 0 amide bonds. The van der Waals surface area contributed by atoms with Crippen LogP contribution in [0, 0.1) is 0 Å². The normalized spacial score (nSPS) is 20.6. The first-order valence-electron chi connectivity index (χ1n) is 11.6. The van der Waals surface area contributed by atoms with E-state index in [0.29, 0.717) is 22.1 Å². The van der Waals surface area contributed by atoms with Crippen LogP contribution in [0.15, 0.2) is 71.6 Å². The van der Waals surface area contributed by atoms with Crippen LogP contribution in [0.25, 0.3) is 11.1 Å². The van der Waals surface area contributed by atoms with E-state index in [2.05, 4.69) is 11.8 Å². The van der Waals surface area contributed by atoms with Crippen LogP contribution in [0.3, 0.4) is 0 Å². The van der Waals surface area contributed by atoms with Gasteiger partial charge in [-0.3, -0.25) is 0 Å². The van der Waals surface area contributed by atoms with Crippen LogP contribution in [-0.4, -0.2) is 45.1 Å². The Balaban J connectivity index is 1.49. The van der Waals surface area contributed by atoms with Gasteiger partial charge in [0.05, 0.1) is 0 Å². The highest BCUT2D eigenvalue weighted by molar-refractivity contribution is 8.00. The van der Waals surface area contributed by atoms with E-state index in [-0.39, 0.29) is 11.5 Å². The predicted octanol–water partition coefficient (Wildman–Crippen LogP) is 5.45. The van der Waals surface area contributed by atoms with Crippen molar-refractivity contribution in [2.45, 2.75) is 36.2 Å². The summed E-state index contributed by atoms with van der Waals surface area (Å²) in [6, 6.07) is 19.6. The average molecular weight is 476 g/mol. The molecule has 0 radical (unpaired) electrons. The molecule has 0 saturated carbocycles. The molecule has 2 aliphatic rings. The molecule has 2 aliphatic heterocycles. The Bertz CT molecular complexity index is 1220. The topological polar surface area (TPSA) is 73.2 Å². The summed E-state index contributed by atoms with van der Waals surface area (Å²) in [6.45, 7) is 7.53. The van der Waals surface area contributed by atoms with Gasteiger partial charge >= 0.3 is 0 Å². The fourth-order valence-corrected chi connectivity index (χ4v) is 6.04. The maximum atomic E-state index is 12.0. The van der Waals surface area contributed by atoms with Crippen molar-refractivity contribution in [2.75, 3.05) is 19.6 Å². The van der Waals surface area contributed by atoms with E-state index in [0.717, 1.165) is 41.2 Å². The van der Waals surface area contributed by atoms with Crippen LogP contribution in [0.5, 0.6) is 17.2 Å². The number of thioether (sulfide) groups is 1. The molecule has 3 aromatic carbocycles. The number of aliphatic hydroxyl groups is 1. The quantitative estimate of drug-likeness (QED) is 0.440. The molecule has 6 heteroatoms. The number of fused-ring (bicyclic) bond motifs is 1. The standard InChI is InChI=1S/C28H29NO4S/c1-3-14-29-16-24(17-29)34-23-11-6-20(7-12-23)28(32)27(19-4-8-21(30)9-5-19)18(2)25-13-10-22(31)15-26(25)33-28/h4-13,15,24,30-32H,3,14,16-17H2,1-2H3. The number of hydrogen-bond acceptors (Lipinski definition) is 6. The second-order valence-corrected chi connectivity index (χ2v) is 10.4. The number of ether oxygens (including phenoxy) is 1. The van der Waals surface area contributed by atoms with Crippen molar-refractivity contribution in [1.29, 1.82) is 0 Å². The number of hydrogen-bond donors (Lipinski definition) is 3. The van der Waals surface area contributed by atoms with Crippen LogP contribution in [-0.2, 0) is 5.79 Å². The minimum Gasteiger partial charge on any atom is -0.508 e. The zero-order valence-corrected chi connectivity index (χ0v) is 20.2. The van der Waals surface area contributed by atoms with Crippen molar-refractivity contribution >= 4 is 22.9 Å². The lowest BCUT2D eigenvalue weighted by Crippen LogP contribution is -2.48. The van der Waals surface area contributed by atoms with Gasteiger partial charge in [-0.1, -0.05) is 31.2 Å². The lowest BCUT2D eigenvalue weighted by Gasteiger charge is -2.39. The Morgan fingerprint density at radius 3 is 2.32 bits per heavy atom. The molecule has 0 bridgehead atoms. The molecule has 5 rings (SSSR count). The number of benzene rings is 3. The fourth-order valence-electron chi connectivity index (χ4n) is 4.80. The number of aromatic hydroxyl groups is 2. The number of likely N-dealkylation sites (tertiary alicyclic amines) is 1. The maximum Gasteiger partial charge on any atom is 0.262 e. The summed E-state index contributed by atoms with van der Waals surface area (Å²) in [7, 11) is 0. The summed E-state index contributed by atoms with van der Waals surface area (Å²) in [5, 5.41) is 32.4. The Kier molecular flexibility index (Phi) is 6.06. The molecule has 1 atom stereocenters. The first-order chi connectivity index (χ1) is 16.4.